The van der Waals surface area contributed by atoms with Gasteiger partial charge in [0.25, 0.3) is 5.91 Å². The third-order valence-corrected chi connectivity index (χ3v) is 3.33. The molecule has 0 atom stereocenters. The Kier molecular flexibility index (Phi) is 5.89. The molecule has 1 amide bonds. The predicted molar refractivity (Wildman–Crippen MR) is 86.5 cm³/mol. The average molecular weight is 331 g/mol. The number of methoxy groups -OCH3 is 1. The van der Waals surface area contributed by atoms with Crippen molar-refractivity contribution in [3.05, 3.63) is 65.0 Å². The van der Waals surface area contributed by atoms with Crippen LogP contribution in [0.2, 0.25) is 0 Å². The summed E-state index contributed by atoms with van der Waals surface area (Å²) >= 11 is 0. The zero-order chi connectivity index (χ0) is 17.5. The summed E-state index contributed by atoms with van der Waals surface area (Å²) in [6, 6.07) is 10.5. The van der Waals surface area contributed by atoms with Gasteiger partial charge in [-0.25, -0.2) is 9.18 Å². The maximum absolute atomic E-state index is 13.3. The quantitative estimate of drug-likeness (QED) is 0.827. The molecule has 0 fully saturated rings. The summed E-state index contributed by atoms with van der Waals surface area (Å²) in [4.78, 5) is 23.4. The third kappa shape index (κ3) is 4.32. The van der Waals surface area contributed by atoms with Gasteiger partial charge in [0, 0.05) is 17.7 Å². The van der Waals surface area contributed by atoms with Crippen LogP contribution < -0.4 is 10.1 Å². The molecule has 6 heteroatoms. The summed E-state index contributed by atoms with van der Waals surface area (Å²) in [6.07, 6.45) is 0. The normalized spacial score (nSPS) is 10.1. The monoisotopic (exact) mass is 331 g/mol. The van der Waals surface area contributed by atoms with Crippen molar-refractivity contribution in [2.24, 2.45) is 0 Å². The largest absolute Gasteiger partial charge is 0.489 e. The van der Waals surface area contributed by atoms with Crippen LogP contribution in [0.25, 0.3) is 0 Å². The van der Waals surface area contributed by atoms with Gasteiger partial charge in [0.05, 0.1) is 12.7 Å². The molecule has 1 N–H and O–H groups in total. The first kappa shape index (κ1) is 17.5. The first-order valence-corrected chi connectivity index (χ1v) is 7.43. The smallest absolute Gasteiger partial charge is 0.338 e. The van der Waals surface area contributed by atoms with Crippen molar-refractivity contribution in [1.82, 2.24) is 5.32 Å². The molecule has 2 aromatic carbocycles. The minimum atomic E-state index is -0.625. The summed E-state index contributed by atoms with van der Waals surface area (Å²) in [7, 11) is 1.23. The molecule has 24 heavy (non-hydrogen) atoms. The lowest BCUT2D eigenvalue weighted by Crippen LogP contribution is -2.22. The Hall–Kier alpha value is -2.89. The minimum absolute atomic E-state index is 0.0746. The molecular formula is C18H18FNO4. The van der Waals surface area contributed by atoms with Crippen molar-refractivity contribution in [3.8, 4) is 5.75 Å². The van der Waals surface area contributed by atoms with Crippen LogP contribution in [0.1, 0.15) is 33.2 Å². The molecule has 0 saturated carbocycles. The van der Waals surface area contributed by atoms with E-state index in [2.05, 4.69) is 10.1 Å². The van der Waals surface area contributed by atoms with Crippen molar-refractivity contribution in [2.45, 2.75) is 13.5 Å². The molecule has 0 aliphatic carbocycles. The van der Waals surface area contributed by atoms with E-state index < -0.39 is 11.8 Å². The van der Waals surface area contributed by atoms with Crippen LogP contribution in [0.15, 0.2) is 42.5 Å². The number of amides is 1. The Labute approximate surface area is 139 Å². The number of ether oxygens (including phenoxy) is 2. The number of hydrogen-bond acceptors (Lipinski definition) is 4. The standard InChI is InChI=1S/C18H18FNO4/c1-3-20-17(21)12-5-8-15(9-6-12)24-11-13-4-7-14(19)10-16(13)18(22)23-2/h4-10H,3,11H2,1-2H3,(H,20,21). The van der Waals surface area contributed by atoms with Gasteiger partial charge in [0.1, 0.15) is 18.2 Å². The van der Waals surface area contributed by atoms with Crippen LogP contribution in [-0.2, 0) is 11.3 Å². The number of carbonyl (C=O) groups is 2. The van der Waals surface area contributed by atoms with Crippen molar-refractivity contribution in [1.29, 1.82) is 0 Å². The lowest BCUT2D eigenvalue weighted by Gasteiger charge is -2.10. The van der Waals surface area contributed by atoms with Crippen molar-refractivity contribution >= 4 is 11.9 Å². The van der Waals surface area contributed by atoms with Gasteiger partial charge in [-0.2, -0.15) is 0 Å². The van der Waals surface area contributed by atoms with E-state index in [-0.39, 0.29) is 18.1 Å². The van der Waals surface area contributed by atoms with Crippen LogP contribution in [-0.4, -0.2) is 25.5 Å². The van der Waals surface area contributed by atoms with Gasteiger partial charge in [-0.3, -0.25) is 4.79 Å². The number of benzene rings is 2. The summed E-state index contributed by atoms with van der Waals surface area (Å²) < 4.78 is 23.5. The molecule has 5 nitrogen and oxygen atoms in total. The molecule has 0 spiro atoms. The Morgan fingerprint density at radius 1 is 1.12 bits per heavy atom. The van der Waals surface area contributed by atoms with Gasteiger partial charge in [-0.05, 0) is 43.3 Å². The second-order valence-electron chi connectivity index (χ2n) is 4.97. The van der Waals surface area contributed by atoms with E-state index in [4.69, 9.17) is 4.74 Å². The molecule has 0 aliphatic heterocycles. The van der Waals surface area contributed by atoms with Gasteiger partial charge in [0.15, 0.2) is 0 Å². The summed E-state index contributed by atoms with van der Waals surface area (Å²) in [5.41, 5.74) is 1.16. The van der Waals surface area contributed by atoms with Crippen LogP contribution in [0.5, 0.6) is 5.75 Å². The highest BCUT2D eigenvalue weighted by Gasteiger charge is 2.13. The lowest BCUT2D eigenvalue weighted by atomic mass is 10.1. The number of carbonyl (C=O) groups excluding carboxylic acids is 2. The number of hydrogen-bond donors (Lipinski definition) is 1. The van der Waals surface area contributed by atoms with E-state index in [9.17, 15) is 14.0 Å². The Balaban J connectivity index is 2.08. The molecule has 0 heterocycles. The second-order valence-corrected chi connectivity index (χ2v) is 4.97. The van der Waals surface area contributed by atoms with Gasteiger partial charge < -0.3 is 14.8 Å². The highest BCUT2D eigenvalue weighted by Crippen LogP contribution is 2.18. The topological polar surface area (TPSA) is 64.6 Å². The number of rotatable bonds is 6. The number of esters is 1. The Bertz CT molecular complexity index is 728. The summed E-state index contributed by atoms with van der Waals surface area (Å²) in [5, 5.41) is 2.70. The fourth-order valence-electron chi connectivity index (χ4n) is 2.10. The van der Waals surface area contributed by atoms with Crippen LogP contribution in [0.4, 0.5) is 4.39 Å². The first-order valence-electron chi connectivity index (χ1n) is 7.43. The number of nitrogens with one attached hydrogen (secondary N) is 1. The predicted octanol–water partition coefficient (Wildman–Crippen LogP) is 2.94. The molecule has 0 saturated heterocycles. The fourth-order valence-corrected chi connectivity index (χ4v) is 2.10. The van der Waals surface area contributed by atoms with E-state index in [1.54, 1.807) is 24.3 Å². The van der Waals surface area contributed by atoms with Gasteiger partial charge >= 0.3 is 5.97 Å². The van der Waals surface area contributed by atoms with E-state index in [0.717, 1.165) is 6.07 Å². The van der Waals surface area contributed by atoms with Gasteiger partial charge in [0.2, 0.25) is 0 Å². The molecule has 0 bridgehead atoms. The third-order valence-electron chi connectivity index (χ3n) is 3.33. The van der Waals surface area contributed by atoms with Crippen LogP contribution in [0, 0.1) is 5.82 Å². The second kappa shape index (κ2) is 8.10. The van der Waals surface area contributed by atoms with Crippen LogP contribution in [0.3, 0.4) is 0 Å². The van der Waals surface area contributed by atoms with Crippen molar-refractivity contribution < 1.29 is 23.5 Å². The molecule has 0 aromatic heterocycles. The zero-order valence-electron chi connectivity index (χ0n) is 13.5. The minimum Gasteiger partial charge on any atom is -0.489 e. The summed E-state index contributed by atoms with van der Waals surface area (Å²) in [5.74, 6) is -0.774. The highest BCUT2D eigenvalue weighted by atomic mass is 19.1. The average Bonchev–Trinajstić information content (AvgIpc) is 2.60. The SMILES string of the molecule is CCNC(=O)c1ccc(OCc2ccc(F)cc2C(=O)OC)cc1. The molecule has 126 valence electrons. The number of halogens is 1. The molecule has 0 aliphatic rings. The van der Waals surface area contributed by atoms with E-state index in [1.807, 2.05) is 6.92 Å². The zero-order valence-corrected chi connectivity index (χ0v) is 13.5. The first-order chi connectivity index (χ1) is 11.5. The van der Waals surface area contributed by atoms with Gasteiger partial charge in [-0.1, -0.05) is 6.07 Å². The van der Waals surface area contributed by atoms with Crippen LogP contribution >= 0.6 is 0 Å². The lowest BCUT2D eigenvalue weighted by molar-refractivity contribution is 0.0597. The molecular weight excluding hydrogens is 313 g/mol. The Morgan fingerprint density at radius 2 is 1.83 bits per heavy atom. The van der Waals surface area contributed by atoms with Crippen molar-refractivity contribution in [2.75, 3.05) is 13.7 Å². The maximum atomic E-state index is 13.3. The van der Waals surface area contributed by atoms with E-state index in [0.29, 0.717) is 23.4 Å². The molecule has 0 unspecified atom stereocenters. The molecule has 2 aromatic rings. The molecule has 2 rings (SSSR count). The van der Waals surface area contributed by atoms with Crippen molar-refractivity contribution in [3.63, 3.8) is 0 Å². The Morgan fingerprint density at radius 3 is 2.46 bits per heavy atom. The highest BCUT2D eigenvalue weighted by molar-refractivity contribution is 5.94. The fraction of sp³-hybridized carbons (Fsp3) is 0.222. The van der Waals surface area contributed by atoms with Gasteiger partial charge in [-0.15, -0.1) is 0 Å². The van der Waals surface area contributed by atoms with E-state index in [1.165, 1.54) is 19.2 Å². The van der Waals surface area contributed by atoms with E-state index >= 15 is 0 Å². The summed E-state index contributed by atoms with van der Waals surface area (Å²) in [6.45, 7) is 2.47. The molecule has 0 radical (unpaired) electrons. The maximum Gasteiger partial charge on any atom is 0.338 e.